The zero-order chi connectivity index (χ0) is 15.0. The summed E-state index contributed by atoms with van der Waals surface area (Å²) in [5, 5.41) is 7.51. The first-order valence-corrected chi connectivity index (χ1v) is 7.45. The number of fused-ring (bicyclic) bond motifs is 1. The van der Waals surface area contributed by atoms with Gasteiger partial charge >= 0.3 is 0 Å². The molecule has 1 N–H and O–H groups in total. The highest BCUT2D eigenvalue weighted by molar-refractivity contribution is 5.92. The summed E-state index contributed by atoms with van der Waals surface area (Å²) < 4.78 is 1.79. The molecule has 0 saturated heterocycles. The number of benzene rings is 1. The Bertz CT molecular complexity index is 700. The van der Waals surface area contributed by atoms with Crippen LogP contribution in [0.15, 0.2) is 18.2 Å². The van der Waals surface area contributed by atoms with Gasteiger partial charge in [-0.3, -0.25) is 9.48 Å². The van der Waals surface area contributed by atoms with Crippen molar-refractivity contribution in [3.63, 3.8) is 0 Å². The van der Waals surface area contributed by atoms with Crippen LogP contribution in [0.2, 0.25) is 0 Å². The van der Waals surface area contributed by atoms with E-state index in [1.165, 1.54) is 16.7 Å². The lowest BCUT2D eigenvalue weighted by Crippen LogP contribution is -2.17. The second-order valence-electron chi connectivity index (χ2n) is 5.89. The molecule has 0 saturated carbocycles. The zero-order valence-electron chi connectivity index (χ0n) is 12.9. The van der Waals surface area contributed by atoms with E-state index < -0.39 is 0 Å². The Morgan fingerprint density at radius 1 is 1.29 bits per heavy atom. The largest absolute Gasteiger partial charge is 0.310 e. The van der Waals surface area contributed by atoms with Crippen LogP contribution in [0.1, 0.15) is 34.4 Å². The van der Waals surface area contributed by atoms with Crippen LogP contribution in [-0.4, -0.2) is 15.7 Å². The highest BCUT2D eigenvalue weighted by Gasteiger charge is 2.22. The van der Waals surface area contributed by atoms with E-state index in [4.69, 9.17) is 0 Å². The minimum absolute atomic E-state index is 0.0240. The van der Waals surface area contributed by atoms with Crippen molar-refractivity contribution in [2.75, 3.05) is 5.32 Å². The molecule has 1 aliphatic carbocycles. The van der Waals surface area contributed by atoms with Crippen LogP contribution in [0, 0.1) is 13.8 Å². The standard InChI is InChI=1S/C17H21N3O/c1-11-7-8-13(9-12(11)2)10-16(21)18-17-14-5-4-6-15(14)19-20(17)3/h7-9H,4-6,10H2,1-3H3,(H,18,21). The molecule has 0 unspecified atom stereocenters. The van der Waals surface area contributed by atoms with Crippen molar-refractivity contribution in [3.8, 4) is 0 Å². The minimum Gasteiger partial charge on any atom is -0.310 e. The summed E-state index contributed by atoms with van der Waals surface area (Å²) in [6, 6.07) is 6.18. The van der Waals surface area contributed by atoms with Crippen LogP contribution in [0.4, 0.5) is 5.82 Å². The Balaban J connectivity index is 1.73. The molecule has 0 fully saturated rings. The molecule has 4 nitrogen and oxygen atoms in total. The molecular weight excluding hydrogens is 262 g/mol. The Hall–Kier alpha value is -2.10. The molecule has 4 heteroatoms. The van der Waals surface area contributed by atoms with Crippen LogP contribution in [0.3, 0.4) is 0 Å². The number of carbonyl (C=O) groups excluding carboxylic acids is 1. The Labute approximate surface area is 125 Å². The van der Waals surface area contributed by atoms with Gasteiger partial charge < -0.3 is 5.32 Å². The number of hydrogen-bond acceptors (Lipinski definition) is 2. The first-order valence-electron chi connectivity index (χ1n) is 7.45. The molecule has 1 heterocycles. The first-order chi connectivity index (χ1) is 10.0. The monoisotopic (exact) mass is 283 g/mol. The zero-order valence-corrected chi connectivity index (χ0v) is 12.9. The second-order valence-corrected chi connectivity index (χ2v) is 5.89. The molecule has 1 amide bonds. The topological polar surface area (TPSA) is 46.9 Å². The third-order valence-corrected chi connectivity index (χ3v) is 4.26. The summed E-state index contributed by atoms with van der Waals surface area (Å²) in [5.41, 5.74) is 5.88. The smallest absolute Gasteiger partial charge is 0.229 e. The molecule has 1 aromatic carbocycles. The van der Waals surface area contributed by atoms with Crippen molar-refractivity contribution in [2.45, 2.75) is 39.5 Å². The van der Waals surface area contributed by atoms with E-state index in [0.717, 1.165) is 36.3 Å². The van der Waals surface area contributed by atoms with Crippen LogP contribution >= 0.6 is 0 Å². The molecule has 1 aliphatic rings. The molecule has 0 radical (unpaired) electrons. The maximum absolute atomic E-state index is 12.3. The van der Waals surface area contributed by atoms with E-state index in [9.17, 15) is 4.79 Å². The SMILES string of the molecule is Cc1ccc(CC(=O)Nc2c3c(nn2C)CCC3)cc1C. The number of aromatic nitrogens is 2. The van der Waals surface area contributed by atoms with Crippen molar-refractivity contribution in [3.05, 3.63) is 46.1 Å². The molecule has 0 aliphatic heterocycles. The summed E-state index contributed by atoms with van der Waals surface area (Å²) in [6.45, 7) is 4.16. The Morgan fingerprint density at radius 2 is 2.10 bits per heavy atom. The van der Waals surface area contributed by atoms with E-state index in [2.05, 4.69) is 36.4 Å². The number of rotatable bonds is 3. The van der Waals surface area contributed by atoms with Crippen LogP contribution in [-0.2, 0) is 31.1 Å². The first kappa shape index (κ1) is 13.9. The maximum atomic E-state index is 12.3. The van der Waals surface area contributed by atoms with E-state index >= 15 is 0 Å². The number of hydrogen-bond donors (Lipinski definition) is 1. The second kappa shape index (κ2) is 5.35. The fraction of sp³-hybridized carbons (Fsp3) is 0.412. The van der Waals surface area contributed by atoms with Crippen molar-refractivity contribution in [1.82, 2.24) is 9.78 Å². The van der Waals surface area contributed by atoms with Gasteiger partial charge in [0, 0.05) is 12.6 Å². The highest BCUT2D eigenvalue weighted by Crippen LogP contribution is 2.28. The van der Waals surface area contributed by atoms with Gasteiger partial charge in [0.15, 0.2) is 0 Å². The number of nitrogens with one attached hydrogen (secondary N) is 1. The fourth-order valence-electron chi connectivity index (χ4n) is 2.95. The number of anilines is 1. The number of carbonyl (C=O) groups is 1. The van der Waals surface area contributed by atoms with Crippen molar-refractivity contribution < 1.29 is 4.79 Å². The lowest BCUT2D eigenvalue weighted by Gasteiger charge is -2.09. The average molecular weight is 283 g/mol. The van der Waals surface area contributed by atoms with Gasteiger partial charge in [0.05, 0.1) is 12.1 Å². The lowest BCUT2D eigenvalue weighted by molar-refractivity contribution is -0.115. The van der Waals surface area contributed by atoms with Crippen LogP contribution < -0.4 is 5.32 Å². The maximum Gasteiger partial charge on any atom is 0.229 e. The van der Waals surface area contributed by atoms with E-state index in [0.29, 0.717) is 6.42 Å². The lowest BCUT2D eigenvalue weighted by atomic mass is 10.0. The molecule has 110 valence electrons. The van der Waals surface area contributed by atoms with Crippen molar-refractivity contribution >= 4 is 11.7 Å². The molecule has 0 spiro atoms. The van der Waals surface area contributed by atoms with Gasteiger partial charge in [-0.1, -0.05) is 18.2 Å². The van der Waals surface area contributed by atoms with Crippen molar-refractivity contribution in [1.29, 1.82) is 0 Å². The highest BCUT2D eigenvalue weighted by atomic mass is 16.1. The molecule has 3 rings (SSSR count). The number of nitrogens with zero attached hydrogens (tertiary/aromatic N) is 2. The third-order valence-electron chi connectivity index (χ3n) is 4.26. The number of amides is 1. The minimum atomic E-state index is 0.0240. The van der Waals surface area contributed by atoms with Gasteiger partial charge in [-0.15, -0.1) is 0 Å². The van der Waals surface area contributed by atoms with E-state index in [-0.39, 0.29) is 5.91 Å². The van der Waals surface area contributed by atoms with E-state index in [1.54, 1.807) is 4.68 Å². The van der Waals surface area contributed by atoms with Gasteiger partial charge in [-0.2, -0.15) is 5.10 Å². The Morgan fingerprint density at radius 3 is 2.86 bits per heavy atom. The molecule has 21 heavy (non-hydrogen) atoms. The normalized spacial score (nSPS) is 13.3. The van der Waals surface area contributed by atoms with Gasteiger partial charge in [-0.05, 0) is 49.8 Å². The number of aryl methyl sites for hydroxylation is 4. The predicted octanol–water partition coefficient (Wildman–Crippen LogP) is 2.71. The molecule has 2 aromatic rings. The summed E-state index contributed by atoms with van der Waals surface area (Å²) in [5.74, 6) is 0.896. The van der Waals surface area contributed by atoms with Crippen LogP contribution in [0.5, 0.6) is 0 Å². The van der Waals surface area contributed by atoms with Gasteiger partial charge in [0.2, 0.25) is 5.91 Å². The summed E-state index contributed by atoms with van der Waals surface area (Å²) in [7, 11) is 1.89. The van der Waals surface area contributed by atoms with E-state index in [1.807, 2.05) is 13.1 Å². The summed E-state index contributed by atoms with van der Waals surface area (Å²) in [4.78, 5) is 12.3. The van der Waals surface area contributed by atoms with Crippen LogP contribution in [0.25, 0.3) is 0 Å². The van der Waals surface area contributed by atoms with Gasteiger partial charge in [0.1, 0.15) is 5.82 Å². The predicted molar refractivity (Wildman–Crippen MR) is 83.5 cm³/mol. The van der Waals surface area contributed by atoms with Crippen molar-refractivity contribution in [2.24, 2.45) is 7.05 Å². The fourth-order valence-corrected chi connectivity index (χ4v) is 2.95. The molecule has 0 bridgehead atoms. The molecular formula is C17H21N3O. The average Bonchev–Trinajstić information content (AvgIpc) is 2.97. The quantitative estimate of drug-likeness (QED) is 0.941. The third kappa shape index (κ3) is 2.71. The molecule has 0 atom stereocenters. The van der Waals surface area contributed by atoms with Gasteiger partial charge in [0.25, 0.3) is 0 Å². The van der Waals surface area contributed by atoms with Gasteiger partial charge in [-0.25, -0.2) is 0 Å². The summed E-state index contributed by atoms with van der Waals surface area (Å²) >= 11 is 0. The summed E-state index contributed by atoms with van der Waals surface area (Å²) in [6.07, 6.45) is 3.58. The molecule has 1 aromatic heterocycles. The Kier molecular flexibility index (Phi) is 3.53.